The number of benzene rings is 3. The van der Waals surface area contributed by atoms with Gasteiger partial charge in [0.25, 0.3) is 11.6 Å². The van der Waals surface area contributed by atoms with Gasteiger partial charge in [0.1, 0.15) is 11.1 Å². The Hall–Kier alpha value is -4.46. The number of hydrogen-bond donors (Lipinski definition) is 2. The number of nitriles is 1. The highest BCUT2D eigenvalue weighted by molar-refractivity contribution is 8.00. The average molecular weight is 529 g/mol. The molecule has 1 aromatic heterocycles. The Labute approximate surface area is 221 Å². The van der Waals surface area contributed by atoms with Crippen LogP contribution in [0, 0.1) is 28.4 Å². The van der Waals surface area contributed by atoms with Gasteiger partial charge in [-0.05, 0) is 42.8 Å². The van der Waals surface area contributed by atoms with Crippen molar-refractivity contribution < 1.29 is 14.5 Å². The number of nitro benzene ring substituents is 1. The van der Waals surface area contributed by atoms with Crippen molar-refractivity contribution in [1.82, 2.24) is 0 Å². The van der Waals surface area contributed by atoms with E-state index in [0.29, 0.717) is 16.3 Å². The molecule has 0 saturated carbocycles. The fourth-order valence-electron chi connectivity index (χ4n) is 3.42. The molecule has 0 unspecified atom stereocenters. The predicted molar refractivity (Wildman–Crippen MR) is 146 cm³/mol. The number of carbonyl (C=O) groups is 2. The molecular weight excluding hydrogens is 508 g/mol. The summed E-state index contributed by atoms with van der Waals surface area (Å²) in [7, 11) is 0. The van der Waals surface area contributed by atoms with Crippen LogP contribution in [0.4, 0.5) is 16.4 Å². The third kappa shape index (κ3) is 6.41. The van der Waals surface area contributed by atoms with Crippen molar-refractivity contribution >= 4 is 51.3 Å². The van der Waals surface area contributed by atoms with Gasteiger partial charge in [-0.3, -0.25) is 19.7 Å². The molecule has 4 rings (SSSR count). The molecule has 2 amide bonds. The number of anilines is 2. The molecule has 0 atom stereocenters. The lowest BCUT2D eigenvalue weighted by Gasteiger charge is -2.08. The number of thiophene rings is 1. The Balaban J connectivity index is 1.36. The van der Waals surface area contributed by atoms with Gasteiger partial charge in [0, 0.05) is 39.2 Å². The maximum absolute atomic E-state index is 12.6. The standard InChI is InChI=1S/C27H20N4O4S2/c1-17-5-7-18(8-6-17)24-15-37-27(23(24)14-28)30-25(32)16-36-22-4-2-3-20(13-22)29-26(33)19-9-11-21(12-10-19)31(34)35/h2-13,15H,16H2,1H3,(H,29,33)(H,30,32). The Kier molecular flexibility index (Phi) is 7.98. The number of nitro groups is 1. The molecule has 184 valence electrons. The topological polar surface area (TPSA) is 125 Å². The lowest BCUT2D eigenvalue weighted by molar-refractivity contribution is -0.384. The summed E-state index contributed by atoms with van der Waals surface area (Å²) in [5.41, 5.74) is 3.98. The summed E-state index contributed by atoms with van der Waals surface area (Å²) >= 11 is 2.60. The highest BCUT2D eigenvalue weighted by atomic mass is 32.2. The molecule has 0 aliphatic heterocycles. The molecule has 37 heavy (non-hydrogen) atoms. The maximum atomic E-state index is 12.6. The van der Waals surface area contributed by atoms with E-state index >= 15 is 0 Å². The molecule has 0 fully saturated rings. The Morgan fingerprint density at radius 3 is 2.46 bits per heavy atom. The van der Waals surface area contributed by atoms with Crippen LogP contribution < -0.4 is 10.6 Å². The zero-order valence-electron chi connectivity index (χ0n) is 19.6. The number of thioether (sulfide) groups is 1. The molecule has 3 aromatic carbocycles. The normalized spacial score (nSPS) is 10.4. The van der Waals surface area contributed by atoms with Crippen molar-refractivity contribution in [3.63, 3.8) is 0 Å². The zero-order chi connectivity index (χ0) is 26.4. The number of hydrogen-bond acceptors (Lipinski definition) is 7. The molecule has 10 heteroatoms. The van der Waals surface area contributed by atoms with Gasteiger partial charge in [0.15, 0.2) is 0 Å². The second kappa shape index (κ2) is 11.5. The molecule has 1 heterocycles. The van der Waals surface area contributed by atoms with Crippen molar-refractivity contribution in [2.45, 2.75) is 11.8 Å². The van der Waals surface area contributed by atoms with E-state index in [-0.39, 0.29) is 22.9 Å². The largest absolute Gasteiger partial charge is 0.322 e. The van der Waals surface area contributed by atoms with Crippen LogP contribution in [-0.2, 0) is 4.79 Å². The summed E-state index contributed by atoms with van der Waals surface area (Å²) in [6.07, 6.45) is 0. The molecule has 0 aliphatic carbocycles. The second-order valence-electron chi connectivity index (χ2n) is 7.95. The van der Waals surface area contributed by atoms with Gasteiger partial charge < -0.3 is 10.6 Å². The van der Waals surface area contributed by atoms with Crippen LogP contribution in [-0.4, -0.2) is 22.5 Å². The van der Waals surface area contributed by atoms with Crippen molar-refractivity contribution in [2.75, 3.05) is 16.4 Å². The molecule has 0 saturated heterocycles. The summed E-state index contributed by atoms with van der Waals surface area (Å²) in [4.78, 5) is 36.1. The van der Waals surface area contributed by atoms with Gasteiger partial charge in [-0.1, -0.05) is 35.9 Å². The molecular formula is C27H20N4O4S2. The number of nitrogens with one attached hydrogen (secondary N) is 2. The van der Waals surface area contributed by atoms with Gasteiger partial charge >= 0.3 is 0 Å². The summed E-state index contributed by atoms with van der Waals surface area (Å²) in [5.74, 6) is -0.539. The predicted octanol–water partition coefficient (Wildman–Crippen LogP) is 6.49. The minimum Gasteiger partial charge on any atom is -0.322 e. The van der Waals surface area contributed by atoms with Gasteiger partial charge in [-0.15, -0.1) is 23.1 Å². The van der Waals surface area contributed by atoms with E-state index in [0.717, 1.165) is 21.6 Å². The number of carbonyl (C=O) groups excluding carboxylic acids is 2. The molecule has 0 aliphatic rings. The molecule has 4 aromatic rings. The zero-order valence-corrected chi connectivity index (χ0v) is 21.2. The minimum atomic E-state index is -0.527. The monoisotopic (exact) mass is 528 g/mol. The molecule has 8 nitrogen and oxygen atoms in total. The quantitative estimate of drug-likeness (QED) is 0.153. The lowest BCUT2D eigenvalue weighted by Crippen LogP contribution is -2.14. The van der Waals surface area contributed by atoms with Crippen molar-refractivity contribution in [3.8, 4) is 17.2 Å². The van der Waals surface area contributed by atoms with Crippen LogP contribution in [0.1, 0.15) is 21.5 Å². The first-order valence-corrected chi connectivity index (χ1v) is 12.9. The summed E-state index contributed by atoms with van der Waals surface area (Å²) < 4.78 is 0. The van der Waals surface area contributed by atoms with Crippen LogP contribution in [0.2, 0.25) is 0 Å². The molecule has 0 radical (unpaired) electrons. The fraction of sp³-hybridized carbons (Fsp3) is 0.0741. The van der Waals surface area contributed by atoms with E-state index in [9.17, 15) is 25.0 Å². The van der Waals surface area contributed by atoms with E-state index in [4.69, 9.17) is 0 Å². The maximum Gasteiger partial charge on any atom is 0.269 e. The fourth-order valence-corrected chi connectivity index (χ4v) is 5.11. The lowest BCUT2D eigenvalue weighted by atomic mass is 10.0. The van der Waals surface area contributed by atoms with E-state index in [1.165, 1.54) is 47.4 Å². The van der Waals surface area contributed by atoms with Crippen LogP contribution in [0.5, 0.6) is 0 Å². The Morgan fingerprint density at radius 1 is 1.05 bits per heavy atom. The van der Waals surface area contributed by atoms with E-state index < -0.39 is 10.8 Å². The van der Waals surface area contributed by atoms with Gasteiger partial charge in [-0.25, -0.2) is 0 Å². The third-order valence-corrected chi connectivity index (χ3v) is 7.21. The van der Waals surface area contributed by atoms with E-state index in [1.807, 2.05) is 42.6 Å². The van der Waals surface area contributed by atoms with Crippen LogP contribution in [0.25, 0.3) is 11.1 Å². The summed E-state index contributed by atoms with van der Waals surface area (Å²) in [6.45, 7) is 1.99. The number of non-ortho nitro benzene ring substituents is 1. The molecule has 0 bridgehead atoms. The first-order chi connectivity index (χ1) is 17.8. The Morgan fingerprint density at radius 2 is 1.78 bits per heavy atom. The smallest absolute Gasteiger partial charge is 0.269 e. The van der Waals surface area contributed by atoms with Crippen LogP contribution in [0.3, 0.4) is 0 Å². The number of rotatable bonds is 8. The number of amides is 2. The second-order valence-corrected chi connectivity index (χ2v) is 9.88. The number of nitrogens with zero attached hydrogens (tertiary/aromatic N) is 2. The Bertz CT molecular complexity index is 1510. The average Bonchev–Trinajstić information content (AvgIpc) is 3.30. The van der Waals surface area contributed by atoms with Gasteiger partial charge in [-0.2, -0.15) is 5.26 Å². The van der Waals surface area contributed by atoms with Crippen molar-refractivity contribution in [3.05, 3.63) is 105 Å². The van der Waals surface area contributed by atoms with E-state index in [2.05, 4.69) is 16.7 Å². The van der Waals surface area contributed by atoms with Crippen LogP contribution in [0.15, 0.2) is 83.1 Å². The summed E-state index contributed by atoms with van der Waals surface area (Å²) in [6, 6.07) is 22.4. The third-order valence-electron chi connectivity index (χ3n) is 5.32. The first kappa shape index (κ1) is 25.6. The highest BCUT2D eigenvalue weighted by Crippen LogP contribution is 2.35. The highest BCUT2D eigenvalue weighted by Gasteiger charge is 2.16. The molecule has 0 spiro atoms. The van der Waals surface area contributed by atoms with Gasteiger partial charge in [0.2, 0.25) is 5.91 Å². The van der Waals surface area contributed by atoms with E-state index in [1.54, 1.807) is 18.2 Å². The van der Waals surface area contributed by atoms with Crippen LogP contribution >= 0.6 is 23.1 Å². The van der Waals surface area contributed by atoms with Crippen molar-refractivity contribution in [1.29, 1.82) is 5.26 Å². The minimum absolute atomic E-state index is 0.0935. The number of aryl methyl sites for hydroxylation is 1. The molecule has 2 N–H and O–H groups in total. The first-order valence-electron chi connectivity index (χ1n) is 11.0. The summed E-state index contributed by atoms with van der Waals surface area (Å²) in [5, 5.41) is 28.4. The SMILES string of the molecule is Cc1ccc(-c2csc(NC(=O)CSc3cccc(NC(=O)c4ccc([N+](=O)[O-])cc4)c3)c2C#N)cc1. The van der Waals surface area contributed by atoms with Crippen molar-refractivity contribution in [2.24, 2.45) is 0 Å². The van der Waals surface area contributed by atoms with Gasteiger partial charge in [0.05, 0.1) is 16.2 Å².